The van der Waals surface area contributed by atoms with Gasteiger partial charge in [-0.1, -0.05) is 0 Å². The quantitative estimate of drug-likeness (QED) is 0.441. The number of likely N-dealkylation sites (tertiary alicyclic amines) is 1. The largest absolute Gasteiger partial charge is 0.444 e. The highest BCUT2D eigenvalue weighted by Crippen LogP contribution is 2.21. The van der Waals surface area contributed by atoms with Gasteiger partial charge in [0.1, 0.15) is 11.6 Å². The number of carbonyl (C=O) groups excluding carboxylic acids is 2. The maximum absolute atomic E-state index is 12.3. The van der Waals surface area contributed by atoms with Gasteiger partial charge < -0.3 is 14.2 Å². The van der Waals surface area contributed by atoms with Crippen LogP contribution in [0.5, 0.6) is 0 Å². The van der Waals surface area contributed by atoms with Crippen molar-refractivity contribution in [2.24, 2.45) is 0 Å². The van der Waals surface area contributed by atoms with Gasteiger partial charge in [-0.25, -0.2) is 4.79 Å². The smallest absolute Gasteiger partial charge is 0.410 e. The van der Waals surface area contributed by atoms with E-state index in [4.69, 9.17) is 14.2 Å². The average molecular weight is 325 g/mol. The van der Waals surface area contributed by atoms with E-state index in [1.165, 1.54) is 4.90 Å². The summed E-state index contributed by atoms with van der Waals surface area (Å²) in [7, 11) is 0. The molecule has 0 spiro atoms. The lowest BCUT2D eigenvalue weighted by molar-refractivity contribution is -0.118. The van der Waals surface area contributed by atoms with E-state index in [-0.39, 0.29) is 5.78 Å². The van der Waals surface area contributed by atoms with E-state index in [9.17, 15) is 9.59 Å². The molecule has 0 saturated carbocycles. The average Bonchev–Trinajstić information content (AvgIpc) is 2.92. The first-order chi connectivity index (χ1) is 10.8. The second kappa shape index (κ2) is 8.90. The van der Waals surface area contributed by atoms with E-state index in [0.717, 1.165) is 6.42 Å². The lowest BCUT2D eigenvalue weighted by Gasteiger charge is -2.27. The van der Waals surface area contributed by atoms with Gasteiger partial charge in [-0.3, -0.25) is 9.69 Å². The summed E-state index contributed by atoms with van der Waals surface area (Å²) in [6.07, 6.45) is 0.171. The molecule has 0 unspecified atom stereocenters. The Bertz CT molecular complexity index is 466. The van der Waals surface area contributed by atoms with Crippen LogP contribution in [0, 0.1) is 11.8 Å². The van der Waals surface area contributed by atoms with Crippen LogP contribution in [0.2, 0.25) is 0 Å². The Morgan fingerprint density at radius 3 is 2.35 bits per heavy atom. The second-order valence-corrected chi connectivity index (χ2v) is 6.21. The van der Waals surface area contributed by atoms with Crippen molar-refractivity contribution in [2.45, 2.75) is 65.4 Å². The summed E-state index contributed by atoms with van der Waals surface area (Å²) in [5.74, 6) is 4.93. The van der Waals surface area contributed by atoms with Gasteiger partial charge >= 0.3 is 6.09 Å². The number of rotatable bonds is 5. The topological polar surface area (TPSA) is 65.1 Å². The third-order valence-corrected chi connectivity index (χ3v) is 3.13. The number of hydrogen-bond acceptors (Lipinski definition) is 5. The van der Waals surface area contributed by atoms with Crippen LogP contribution in [0.25, 0.3) is 0 Å². The summed E-state index contributed by atoms with van der Waals surface area (Å²) in [5.41, 5.74) is -0.589. The van der Waals surface area contributed by atoms with E-state index in [2.05, 4.69) is 11.8 Å². The van der Waals surface area contributed by atoms with E-state index in [0.29, 0.717) is 26.2 Å². The van der Waals surface area contributed by atoms with Crippen LogP contribution >= 0.6 is 0 Å². The molecule has 0 bridgehead atoms. The summed E-state index contributed by atoms with van der Waals surface area (Å²) in [5, 5.41) is 0. The van der Waals surface area contributed by atoms with Crippen molar-refractivity contribution in [1.29, 1.82) is 0 Å². The minimum Gasteiger partial charge on any atom is -0.444 e. The molecule has 1 aliphatic rings. The van der Waals surface area contributed by atoms with Gasteiger partial charge in [0.15, 0.2) is 0 Å². The van der Waals surface area contributed by atoms with E-state index in [1.807, 2.05) is 13.8 Å². The van der Waals surface area contributed by atoms with Crippen LogP contribution in [-0.4, -0.2) is 54.5 Å². The van der Waals surface area contributed by atoms with Crippen molar-refractivity contribution >= 4 is 11.9 Å². The SMILES string of the molecule is CCOC(C#CC(=O)[C@@H]1CCCN1C(=O)OC(C)(C)C)OCC. The molecule has 1 fully saturated rings. The van der Waals surface area contributed by atoms with Crippen molar-refractivity contribution < 1.29 is 23.8 Å². The number of carbonyl (C=O) groups is 2. The Balaban J connectivity index is 2.72. The lowest BCUT2D eigenvalue weighted by Crippen LogP contribution is -2.43. The number of ketones is 1. The van der Waals surface area contributed by atoms with Gasteiger partial charge in [-0.15, -0.1) is 0 Å². The fourth-order valence-electron chi connectivity index (χ4n) is 2.23. The van der Waals surface area contributed by atoms with Crippen LogP contribution in [0.15, 0.2) is 0 Å². The molecule has 6 heteroatoms. The van der Waals surface area contributed by atoms with Gasteiger partial charge in [-0.05, 0) is 59.3 Å². The fraction of sp³-hybridized carbons (Fsp3) is 0.765. The van der Waals surface area contributed by atoms with Crippen molar-refractivity contribution in [2.75, 3.05) is 19.8 Å². The predicted molar refractivity (Wildman–Crippen MR) is 85.8 cm³/mol. The zero-order valence-corrected chi connectivity index (χ0v) is 14.7. The van der Waals surface area contributed by atoms with Crippen LogP contribution < -0.4 is 0 Å². The lowest BCUT2D eigenvalue weighted by atomic mass is 10.1. The molecule has 1 rings (SSSR count). The molecule has 0 aromatic carbocycles. The molecule has 1 aliphatic heterocycles. The molecule has 23 heavy (non-hydrogen) atoms. The van der Waals surface area contributed by atoms with Gasteiger partial charge in [-0.2, -0.15) is 0 Å². The Kier molecular flexibility index (Phi) is 7.53. The van der Waals surface area contributed by atoms with E-state index < -0.39 is 24.0 Å². The van der Waals surface area contributed by atoms with E-state index in [1.54, 1.807) is 20.8 Å². The summed E-state index contributed by atoms with van der Waals surface area (Å²) < 4.78 is 15.9. The zero-order valence-electron chi connectivity index (χ0n) is 14.7. The Morgan fingerprint density at radius 1 is 1.22 bits per heavy atom. The zero-order chi connectivity index (χ0) is 17.5. The van der Waals surface area contributed by atoms with Crippen LogP contribution in [0.4, 0.5) is 4.79 Å². The van der Waals surface area contributed by atoms with Crippen LogP contribution in [-0.2, 0) is 19.0 Å². The van der Waals surface area contributed by atoms with Gasteiger partial charge in [0.2, 0.25) is 12.1 Å². The molecule has 1 amide bonds. The number of hydrogen-bond donors (Lipinski definition) is 0. The molecule has 0 N–H and O–H groups in total. The summed E-state index contributed by atoms with van der Waals surface area (Å²) >= 11 is 0. The fourth-order valence-corrected chi connectivity index (χ4v) is 2.23. The van der Waals surface area contributed by atoms with Crippen molar-refractivity contribution in [1.82, 2.24) is 4.90 Å². The van der Waals surface area contributed by atoms with Crippen molar-refractivity contribution in [3.8, 4) is 11.8 Å². The van der Waals surface area contributed by atoms with Crippen LogP contribution in [0.3, 0.4) is 0 Å². The monoisotopic (exact) mass is 325 g/mol. The predicted octanol–water partition coefficient (Wildman–Crippen LogP) is 2.36. The Labute approximate surface area is 138 Å². The first kappa shape index (κ1) is 19.5. The molecular weight excluding hydrogens is 298 g/mol. The number of ether oxygens (including phenoxy) is 3. The maximum atomic E-state index is 12.3. The molecule has 130 valence electrons. The molecule has 1 saturated heterocycles. The molecule has 1 atom stereocenters. The Morgan fingerprint density at radius 2 is 1.83 bits per heavy atom. The van der Waals surface area contributed by atoms with Gasteiger partial charge in [0.05, 0.1) is 0 Å². The third kappa shape index (κ3) is 6.59. The van der Waals surface area contributed by atoms with Crippen molar-refractivity contribution in [3.63, 3.8) is 0 Å². The second-order valence-electron chi connectivity index (χ2n) is 6.21. The van der Waals surface area contributed by atoms with Gasteiger partial charge in [0.25, 0.3) is 0 Å². The summed E-state index contributed by atoms with van der Waals surface area (Å²) in [6.45, 7) is 10.5. The molecule has 0 aromatic heterocycles. The first-order valence-corrected chi connectivity index (χ1v) is 8.06. The number of amides is 1. The third-order valence-electron chi connectivity index (χ3n) is 3.13. The highest BCUT2D eigenvalue weighted by atomic mass is 16.7. The van der Waals surface area contributed by atoms with Crippen LogP contribution in [0.1, 0.15) is 47.5 Å². The van der Waals surface area contributed by atoms with Gasteiger partial charge in [0, 0.05) is 19.8 Å². The first-order valence-electron chi connectivity index (χ1n) is 8.06. The number of nitrogens with zero attached hydrogens (tertiary/aromatic N) is 1. The highest BCUT2D eigenvalue weighted by molar-refractivity contribution is 6.01. The minimum absolute atomic E-state index is 0.308. The molecule has 0 aliphatic carbocycles. The molecule has 1 heterocycles. The Hall–Kier alpha value is -1.58. The molecular formula is C17H27NO5. The molecule has 0 aromatic rings. The molecule has 6 nitrogen and oxygen atoms in total. The standard InChI is InChI=1S/C17H27NO5/c1-6-21-15(22-7-2)11-10-14(19)13-9-8-12-18(13)16(20)23-17(3,4)5/h13,15H,6-9,12H2,1-5H3/t13-/m0/s1. The van der Waals surface area contributed by atoms with Crippen molar-refractivity contribution in [3.05, 3.63) is 0 Å². The summed E-state index contributed by atoms with van der Waals surface area (Å²) in [4.78, 5) is 25.9. The van der Waals surface area contributed by atoms with E-state index >= 15 is 0 Å². The number of Topliss-reactive ketones (excluding diaryl/α,β-unsaturated/α-hetero) is 1. The normalized spacial score (nSPS) is 17.8. The summed E-state index contributed by atoms with van der Waals surface area (Å²) in [6, 6.07) is -0.554. The molecule has 0 radical (unpaired) electrons. The minimum atomic E-state index is -0.717. The highest BCUT2D eigenvalue weighted by Gasteiger charge is 2.35. The maximum Gasteiger partial charge on any atom is 0.410 e.